The highest BCUT2D eigenvalue weighted by atomic mass is 19.1. The van der Waals surface area contributed by atoms with Crippen molar-refractivity contribution in [3.05, 3.63) is 52.9 Å². The highest BCUT2D eigenvalue weighted by Gasteiger charge is 2.13. The Balaban J connectivity index is 2.66. The second kappa shape index (κ2) is 4.41. The number of hydrogen-bond acceptors (Lipinski definition) is 3. The molecule has 0 spiro atoms. The monoisotopic (exact) mass is 234 g/mol. The van der Waals surface area contributed by atoms with E-state index in [0.29, 0.717) is 11.1 Å². The average Bonchev–Trinajstić information content (AvgIpc) is 2.27. The summed E-state index contributed by atoms with van der Waals surface area (Å²) in [4.78, 5) is 11.6. The first-order chi connectivity index (χ1) is 8.13. The molecule has 0 bridgehead atoms. The molecular weight excluding hydrogens is 223 g/mol. The van der Waals surface area contributed by atoms with Gasteiger partial charge in [0.05, 0.1) is 0 Å². The van der Waals surface area contributed by atoms with Crippen LogP contribution in [0.2, 0.25) is 0 Å². The Morgan fingerprint density at radius 3 is 3.00 bits per heavy atom. The maximum absolute atomic E-state index is 14.0. The molecule has 4 heteroatoms. The van der Waals surface area contributed by atoms with Gasteiger partial charge in [-0.1, -0.05) is 18.7 Å². The van der Waals surface area contributed by atoms with E-state index in [1.807, 2.05) is 0 Å². The standard InChI is InChI=1S/C13H11FO3/c1-3-6-16-10-5-4-9-7-8(2)17-13(15)11(9)12(10)14/h3-5,7H,1,6H2,2H3. The smallest absolute Gasteiger partial charge is 0.346 e. The fraction of sp³-hybridized carbons (Fsp3) is 0.154. The average molecular weight is 234 g/mol. The molecule has 2 aromatic rings. The molecule has 0 radical (unpaired) electrons. The van der Waals surface area contributed by atoms with E-state index in [1.54, 1.807) is 19.1 Å². The molecule has 0 amide bonds. The summed E-state index contributed by atoms with van der Waals surface area (Å²) in [7, 11) is 0. The quantitative estimate of drug-likeness (QED) is 0.766. The van der Waals surface area contributed by atoms with Crippen molar-refractivity contribution < 1.29 is 13.5 Å². The van der Waals surface area contributed by atoms with Gasteiger partial charge < -0.3 is 9.15 Å². The molecular formula is C13H11FO3. The van der Waals surface area contributed by atoms with Gasteiger partial charge in [0.1, 0.15) is 17.8 Å². The normalized spacial score (nSPS) is 10.5. The van der Waals surface area contributed by atoms with Crippen LogP contribution in [-0.2, 0) is 0 Å². The summed E-state index contributed by atoms with van der Waals surface area (Å²) in [6.07, 6.45) is 1.50. The van der Waals surface area contributed by atoms with Crippen molar-refractivity contribution in [2.24, 2.45) is 0 Å². The Labute approximate surface area is 97.1 Å². The van der Waals surface area contributed by atoms with Crippen molar-refractivity contribution >= 4 is 10.8 Å². The first-order valence-electron chi connectivity index (χ1n) is 5.10. The Hall–Kier alpha value is -2.10. The molecule has 1 aromatic carbocycles. The molecule has 0 saturated heterocycles. The van der Waals surface area contributed by atoms with Gasteiger partial charge in [0.25, 0.3) is 0 Å². The lowest BCUT2D eigenvalue weighted by molar-refractivity contribution is 0.343. The maximum Gasteiger partial charge on any atom is 0.346 e. The van der Waals surface area contributed by atoms with Gasteiger partial charge in [0.15, 0.2) is 11.6 Å². The van der Waals surface area contributed by atoms with Gasteiger partial charge >= 0.3 is 5.63 Å². The van der Waals surface area contributed by atoms with Crippen LogP contribution in [0.4, 0.5) is 4.39 Å². The minimum Gasteiger partial charge on any atom is -0.486 e. The van der Waals surface area contributed by atoms with E-state index in [1.165, 1.54) is 12.1 Å². The third-order valence-corrected chi connectivity index (χ3v) is 2.31. The maximum atomic E-state index is 14.0. The van der Waals surface area contributed by atoms with Crippen molar-refractivity contribution in [2.45, 2.75) is 6.92 Å². The molecule has 0 unspecified atom stereocenters. The first-order valence-corrected chi connectivity index (χ1v) is 5.10. The predicted octanol–water partition coefficient (Wildman–Crippen LogP) is 2.81. The highest BCUT2D eigenvalue weighted by molar-refractivity contribution is 5.83. The first kappa shape index (κ1) is 11.4. The summed E-state index contributed by atoms with van der Waals surface area (Å²) in [6, 6.07) is 4.72. The second-order valence-electron chi connectivity index (χ2n) is 3.59. The van der Waals surface area contributed by atoms with E-state index in [-0.39, 0.29) is 17.7 Å². The lowest BCUT2D eigenvalue weighted by atomic mass is 10.1. The zero-order valence-corrected chi connectivity index (χ0v) is 9.33. The Morgan fingerprint density at radius 2 is 2.29 bits per heavy atom. The molecule has 0 aliphatic rings. The highest BCUT2D eigenvalue weighted by Crippen LogP contribution is 2.24. The van der Waals surface area contributed by atoms with Gasteiger partial charge in [0.2, 0.25) is 0 Å². The largest absolute Gasteiger partial charge is 0.486 e. The molecule has 0 N–H and O–H groups in total. The van der Waals surface area contributed by atoms with E-state index >= 15 is 0 Å². The van der Waals surface area contributed by atoms with Crippen molar-refractivity contribution in [3.63, 3.8) is 0 Å². The van der Waals surface area contributed by atoms with Gasteiger partial charge in [-0.25, -0.2) is 9.18 Å². The lowest BCUT2D eigenvalue weighted by Gasteiger charge is -2.06. The SMILES string of the molecule is C=CCOc1ccc2cc(C)oc(=O)c2c1F. The summed E-state index contributed by atoms with van der Waals surface area (Å²) < 4.78 is 23.9. The molecule has 0 aliphatic carbocycles. The number of rotatable bonds is 3. The lowest BCUT2D eigenvalue weighted by Crippen LogP contribution is -2.05. The Bertz CT molecular complexity index is 628. The summed E-state index contributed by atoms with van der Waals surface area (Å²) in [5.74, 6) is -0.228. The predicted molar refractivity (Wildman–Crippen MR) is 62.9 cm³/mol. The van der Waals surface area contributed by atoms with E-state index in [2.05, 4.69) is 6.58 Å². The minimum atomic E-state index is -0.696. The molecule has 1 aromatic heterocycles. The fourth-order valence-corrected chi connectivity index (χ4v) is 1.61. The van der Waals surface area contributed by atoms with Crippen LogP contribution in [0.25, 0.3) is 10.8 Å². The minimum absolute atomic E-state index is 0.0218. The summed E-state index contributed by atoms with van der Waals surface area (Å²) in [6.45, 7) is 5.29. The van der Waals surface area contributed by atoms with Crippen molar-refractivity contribution in [1.29, 1.82) is 0 Å². The molecule has 0 atom stereocenters. The van der Waals surface area contributed by atoms with Crippen LogP contribution in [0.3, 0.4) is 0 Å². The van der Waals surface area contributed by atoms with Crippen molar-refractivity contribution in [2.75, 3.05) is 6.61 Å². The third-order valence-electron chi connectivity index (χ3n) is 2.31. The van der Waals surface area contributed by atoms with Gasteiger partial charge in [-0.2, -0.15) is 0 Å². The number of fused-ring (bicyclic) bond motifs is 1. The summed E-state index contributed by atoms with van der Waals surface area (Å²) >= 11 is 0. The van der Waals surface area contributed by atoms with Crippen LogP contribution in [0.15, 0.2) is 40.1 Å². The molecule has 88 valence electrons. The fourth-order valence-electron chi connectivity index (χ4n) is 1.61. The third kappa shape index (κ3) is 2.06. The van der Waals surface area contributed by atoms with Gasteiger partial charge in [-0.15, -0.1) is 0 Å². The summed E-state index contributed by atoms with van der Waals surface area (Å²) in [5.41, 5.74) is -0.693. The van der Waals surface area contributed by atoms with Crippen LogP contribution in [-0.4, -0.2) is 6.61 Å². The van der Waals surface area contributed by atoms with Gasteiger partial charge in [-0.05, 0) is 24.4 Å². The van der Waals surface area contributed by atoms with Crippen LogP contribution in [0, 0.1) is 12.7 Å². The van der Waals surface area contributed by atoms with E-state index < -0.39 is 11.4 Å². The number of aryl methyl sites for hydroxylation is 1. The van der Waals surface area contributed by atoms with E-state index in [4.69, 9.17) is 9.15 Å². The van der Waals surface area contributed by atoms with E-state index in [9.17, 15) is 9.18 Å². The second-order valence-corrected chi connectivity index (χ2v) is 3.59. The molecule has 3 nitrogen and oxygen atoms in total. The molecule has 1 heterocycles. The van der Waals surface area contributed by atoms with Crippen LogP contribution < -0.4 is 10.4 Å². The Kier molecular flexibility index (Phi) is 2.95. The zero-order chi connectivity index (χ0) is 12.4. The van der Waals surface area contributed by atoms with Crippen molar-refractivity contribution in [3.8, 4) is 5.75 Å². The topological polar surface area (TPSA) is 39.4 Å². The van der Waals surface area contributed by atoms with Gasteiger partial charge in [0, 0.05) is 0 Å². The zero-order valence-electron chi connectivity index (χ0n) is 9.33. The van der Waals surface area contributed by atoms with Crippen LogP contribution in [0.5, 0.6) is 5.75 Å². The molecule has 0 aliphatic heterocycles. The van der Waals surface area contributed by atoms with Crippen LogP contribution >= 0.6 is 0 Å². The van der Waals surface area contributed by atoms with E-state index in [0.717, 1.165) is 0 Å². The molecule has 17 heavy (non-hydrogen) atoms. The number of ether oxygens (including phenoxy) is 1. The molecule has 0 fully saturated rings. The Morgan fingerprint density at radius 1 is 1.53 bits per heavy atom. The molecule has 0 saturated carbocycles. The van der Waals surface area contributed by atoms with Crippen LogP contribution in [0.1, 0.15) is 5.76 Å². The molecule has 2 rings (SSSR count). The number of benzene rings is 1. The van der Waals surface area contributed by atoms with Gasteiger partial charge in [-0.3, -0.25) is 0 Å². The number of halogens is 1. The van der Waals surface area contributed by atoms with Crippen molar-refractivity contribution in [1.82, 2.24) is 0 Å². The number of hydrogen-bond donors (Lipinski definition) is 0. The summed E-state index contributed by atoms with van der Waals surface area (Å²) in [5, 5.41) is 0.416.